The summed E-state index contributed by atoms with van der Waals surface area (Å²) in [6, 6.07) is -0.276. The van der Waals surface area contributed by atoms with Gasteiger partial charge in [-0.05, 0) is 43.6 Å². The highest BCUT2D eigenvalue weighted by molar-refractivity contribution is 5.74. The first-order valence-corrected chi connectivity index (χ1v) is 6.47. The average molecular weight is 225 g/mol. The highest BCUT2D eigenvalue weighted by Crippen LogP contribution is 2.37. The number of hydrogen-bond donors (Lipinski definition) is 1. The summed E-state index contributed by atoms with van der Waals surface area (Å²) in [6.45, 7) is 6.16. The Morgan fingerprint density at radius 2 is 2.06 bits per heavy atom. The molecule has 0 amide bonds. The van der Waals surface area contributed by atoms with E-state index >= 15 is 0 Å². The van der Waals surface area contributed by atoms with E-state index in [1.165, 1.54) is 19.3 Å². The molecule has 1 unspecified atom stereocenters. The van der Waals surface area contributed by atoms with E-state index in [-0.39, 0.29) is 11.5 Å². The van der Waals surface area contributed by atoms with Crippen molar-refractivity contribution in [2.45, 2.75) is 52.0 Å². The molecule has 0 aromatic heterocycles. The summed E-state index contributed by atoms with van der Waals surface area (Å²) in [5, 5.41) is 9.41. The fraction of sp³-hybridized carbons (Fsp3) is 0.923. The van der Waals surface area contributed by atoms with Crippen molar-refractivity contribution in [2.75, 3.05) is 13.1 Å². The van der Waals surface area contributed by atoms with E-state index in [2.05, 4.69) is 18.7 Å². The fourth-order valence-electron chi connectivity index (χ4n) is 3.19. The van der Waals surface area contributed by atoms with E-state index in [9.17, 15) is 9.90 Å². The Bertz CT molecular complexity index is 271. The Morgan fingerprint density at radius 1 is 1.38 bits per heavy atom. The zero-order valence-electron chi connectivity index (χ0n) is 10.4. The van der Waals surface area contributed by atoms with Crippen LogP contribution in [0.1, 0.15) is 46.0 Å². The lowest BCUT2D eigenvalue weighted by molar-refractivity contribution is -0.151. The minimum atomic E-state index is -0.635. The van der Waals surface area contributed by atoms with Gasteiger partial charge in [0.25, 0.3) is 0 Å². The molecule has 0 spiro atoms. The lowest BCUT2D eigenvalue weighted by Crippen LogP contribution is -2.55. The molecule has 0 aromatic rings. The molecule has 2 rings (SSSR count). The summed E-state index contributed by atoms with van der Waals surface area (Å²) in [4.78, 5) is 13.6. The predicted molar refractivity (Wildman–Crippen MR) is 63.4 cm³/mol. The average Bonchev–Trinajstić information content (AvgIpc) is 2.09. The van der Waals surface area contributed by atoms with Crippen molar-refractivity contribution in [3.05, 3.63) is 0 Å². The molecule has 0 radical (unpaired) electrons. The maximum Gasteiger partial charge on any atom is 0.321 e. The number of nitrogens with zero attached hydrogens (tertiary/aromatic N) is 1. The first kappa shape index (κ1) is 11.9. The van der Waals surface area contributed by atoms with Crippen LogP contribution in [0.3, 0.4) is 0 Å². The summed E-state index contributed by atoms with van der Waals surface area (Å²) in [5.41, 5.74) is -0.0756. The number of aliphatic carboxylic acids is 1. The molecular formula is C13H23NO2. The number of likely N-dealkylation sites (tertiary alicyclic amines) is 1. The molecule has 1 atom stereocenters. The molecule has 2 aliphatic rings. The van der Waals surface area contributed by atoms with Gasteiger partial charge in [-0.15, -0.1) is 0 Å². The Kier molecular flexibility index (Phi) is 3.24. The first-order chi connectivity index (χ1) is 7.50. The van der Waals surface area contributed by atoms with Crippen LogP contribution in [0, 0.1) is 11.3 Å². The van der Waals surface area contributed by atoms with Gasteiger partial charge in [0.1, 0.15) is 6.04 Å². The SMILES string of the molecule is CC1(C)CCCN(CC2CCC2)C1C(=O)O. The Labute approximate surface area is 97.8 Å². The van der Waals surface area contributed by atoms with Crippen LogP contribution < -0.4 is 0 Å². The van der Waals surface area contributed by atoms with Gasteiger partial charge in [0.15, 0.2) is 0 Å². The molecule has 1 saturated carbocycles. The molecule has 1 aliphatic heterocycles. The van der Waals surface area contributed by atoms with Crippen LogP contribution in [0.2, 0.25) is 0 Å². The van der Waals surface area contributed by atoms with Crippen LogP contribution >= 0.6 is 0 Å². The van der Waals surface area contributed by atoms with E-state index in [0.717, 1.165) is 31.8 Å². The third-order valence-electron chi connectivity index (χ3n) is 4.32. The molecular weight excluding hydrogens is 202 g/mol. The van der Waals surface area contributed by atoms with Gasteiger partial charge in [-0.25, -0.2) is 0 Å². The van der Waals surface area contributed by atoms with Gasteiger partial charge in [-0.3, -0.25) is 9.69 Å². The molecule has 3 heteroatoms. The maximum atomic E-state index is 11.4. The second-order valence-electron chi connectivity index (χ2n) is 6.12. The molecule has 0 bridgehead atoms. The summed E-state index contributed by atoms with van der Waals surface area (Å²) in [5.74, 6) is 0.125. The van der Waals surface area contributed by atoms with Crippen molar-refractivity contribution in [1.29, 1.82) is 0 Å². The highest BCUT2D eigenvalue weighted by atomic mass is 16.4. The van der Waals surface area contributed by atoms with Crippen molar-refractivity contribution in [3.8, 4) is 0 Å². The summed E-state index contributed by atoms with van der Waals surface area (Å²) in [6.07, 6.45) is 6.10. The zero-order valence-corrected chi connectivity index (χ0v) is 10.4. The lowest BCUT2D eigenvalue weighted by atomic mass is 9.75. The quantitative estimate of drug-likeness (QED) is 0.801. The van der Waals surface area contributed by atoms with Gasteiger partial charge >= 0.3 is 5.97 Å². The molecule has 1 N–H and O–H groups in total. The normalized spacial score (nSPS) is 31.0. The van der Waals surface area contributed by atoms with E-state index in [0.29, 0.717) is 0 Å². The van der Waals surface area contributed by atoms with Crippen molar-refractivity contribution < 1.29 is 9.90 Å². The minimum absolute atomic E-state index is 0.0756. The molecule has 92 valence electrons. The third kappa shape index (κ3) is 2.24. The first-order valence-electron chi connectivity index (χ1n) is 6.47. The Balaban J connectivity index is 2.05. The second-order valence-corrected chi connectivity index (χ2v) is 6.12. The molecule has 16 heavy (non-hydrogen) atoms. The van der Waals surface area contributed by atoms with Crippen LogP contribution in [0.25, 0.3) is 0 Å². The van der Waals surface area contributed by atoms with Gasteiger partial charge in [0.05, 0.1) is 0 Å². The summed E-state index contributed by atoms with van der Waals surface area (Å²) >= 11 is 0. The van der Waals surface area contributed by atoms with Crippen LogP contribution in [0.15, 0.2) is 0 Å². The van der Waals surface area contributed by atoms with E-state index in [1.54, 1.807) is 0 Å². The van der Waals surface area contributed by atoms with Crippen molar-refractivity contribution in [1.82, 2.24) is 4.90 Å². The Morgan fingerprint density at radius 3 is 2.56 bits per heavy atom. The van der Waals surface area contributed by atoms with E-state index < -0.39 is 5.97 Å². The minimum Gasteiger partial charge on any atom is -0.480 e. The fourth-order valence-corrected chi connectivity index (χ4v) is 3.19. The summed E-state index contributed by atoms with van der Waals surface area (Å²) in [7, 11) is 0. The number of piperidine rings is 1. The van der Waals surface area contributed by atoms with Crippen molar-refractivity contribution in [3.63, 3.8) is 0 Å². The van der Waals surface area contributed by atoms with Gasteiger partial charge in [-0.2, -0.15) is 0 Å². The van der Waals surface area contributed by atoms with Crippen LogP contribution in [-0.4, -0.2) is 35.1 Å². The number of carboxylic acid groups (broad SMARTS) is 1. The maximum absolute atomic E-state index is 11.4. The van der Waals surface area contributed by atoms with Crippen LogP contribution in [-0.2, 0) is 4.79 Å². The predicted octanol–water partition coefficient (Wildman–Crippen LogP) is 2.36. The number of carboxylic acids is 1. The van der Waals surface area contributed by atoms with Crippen LogP contribution in [0.5, 0.6) is 0 Å². The smallest absolute Gasteiger partial charge is 0.321 e. The molecule has 3 nitrogen and oxygen atoms in total. The zero-order chi connectivity index (χ0) is 11.8. The van der Waals surface area contributed by atoms with Gasteiger partial charge in [0, 0.05) is 6.54 Å². The second kappa shape index (κ2) is 4.36. The van der Waals surface area contributed by atoms with Gasteiger partial charge in [-0.1, -0.05) is 20.3 Å². The molecule has 0 aromatic carbocycles. The molecule has 1 aliphatic carbocycles. The van der Waals surface area contributed by atoms with Crippen molar-refractivity contribution in [2.24, 2.45) is 11.3 Å². The topological polar surface area (TPSA) is 40.5 Å². The summed E-state index contributed by atoms with van der Waals surface area (Å²) < 4.78 is 0. The Hall–Kier alpha value is -0.570. The number of rotatable bonds is 3. The highest BCUT2D eigenvalue weighted by Gasteiger charge is 2.43. The number of carbonyl (C=O) groups is 1. The van der Waals surface area contributed by atoms with Crippen molar-refractivity contribution >= 4 is 5.97 Å². The third-order valence-corrected chi connectivity index (χ3v) is 4.32. The largest absolute Gasteiger partial charge is 0.480 e. The molecule has 1 heterocycles. The van der Waals surface area contributed by atoms with Gasteiger partial charge in [0.2, 0.25) is 0 Å². The molecule has 1 saturated heterocycles. The molecule has 2 fully saturated rings. The van der Waals surface area contributed by atoms with E-state index in [4.69, 9.17) is 0 Å². The van der Waals surface area contributed by atoms with Crippen LogP contribution in [0.4, 0.5) is 0 Å². The lowest BCUT2D eigenvalue weighted by Gasteiger charge is -2.46. The standard InChI is InChI=1S/C13H23NO2/c1-13(2)7-4-8-14(11(13)12(15)16)9-10-5-3-6-10/h10-11H,3-9H2,1-2H3,(H,15,16). The van der Waals surface area contributed by atoms with Gasteiger partial charge < -0.3 is 5.11 Å². The van der Waals surface area contributed by atoms with E-state index in [1.807, 2.05) is 0 Å². The number of hydrogen-bond acceptors (Lipinski definition) is 2. The monoisotopic (exact) mass is 225 g/mol.